The highest BCUT2D eigenvalue weighted by atomic mass is 16.2. The molecule has 1 aromatic carbocycles. The van der Waals surface area contributed by atoms with Gasteiger partial charge in [0, 0.05) is 31.5 Å². The number of likely N-dealkylation sites (tertiary alicyclic amines) is 1. The fourth-order valence-corrected chi connectivity index (χ4v) is 3.73. The molecule has 0 radical (unpaired) electrons. The van der Waals surface area contributed by atoms with Crippen molar-refractivity contribution in [2.75, 3.05) is 13.1 Å². The summed E-state index contributed by atoms with van der Waals surface area (Å²) in [7, 11) is 0. The number of nitrogens with one attached hydrogen (secondary N) is 1. The summed E-state index contributed by atoms with van der Waals surface area (Å²) < 4.78 is 1.63. The van der Waals surface area contributed by atoms with Crippen molar-refractivity contribution in [2.45, 2.75) is 32.7 Å². The topological polar surface area (TPSA) is 93.0 Å². The Bertz CT molecular complexity index is 1030. The molecule has 1 aliphatic heterocycles. The minimum atomic E-state index is -0.136. The molecule has 0 aliphatic carbocycles. The van der Waals surface area contributed by atoms with Crippen molar-refractivity contribution < 1.29 is 9.59 Å². The highest BCUT2D eigenvalue weighted by Crippen LogP contribution is 2.16. The summed E-state index contributed by atoms with van der Waals surface area (Å²) in [5.41, 5.74) is 4.01. The summed E-state index contributed by atoms with van der Waals surface area (Å²) in [6.45, 7) is 5.17. The summed E-state index contributed by atoms with van der Waals surface area (Å²) in [6.07, 6.45) is 6.25. The quantitative estimate of drug-likeness (QED) is 0.720. The second kappa shape index (κ2) is 8.44. The zero-order chi connectivity index (χ0) is 21.1. The van der Waals surface area contributed by atoms with Gasteiger partial charge in [0.05, 0.1) is 17.4 Å². The van der Waals surface area contributed by atoms with Crippen molar-refractivity contribution in [3.05, 3.63) is 71.3 Å². The molecule has 1 N–H and O–H groups in total. The number of pyridine rings is 1. The second-order valence-corrected chi connectivity index (χ2v) is 7.68. The van der Waals surface area contributed by atoms with E-state index < -0.39 is 0 Å². The van der Waals surface area contributed by atoms with E-state index in [0.717, 1.165) is 16.8 Å². The molecular formula is C22H24N6O2. The third-order valence-electron chi connectivity index (χ3n) is 5.22. The maximum absolute atomic E-state index is 12.8. The lowest BCUT2D eigenvalue weighted by Gasteiger charge is -2.31. The first-order valence-electron chi connectivity index (χ1n) is 10.0. The monoisotopic (exact) mass is 404 g/mol. The molecule has 4 rings (SSSR count). The first-order valence-corrected chi connectivity index (χ1v) is 10.0. The number of nitrogens with zero attached hydrogens (tertiary/aromatic N) is 5. The van der Waals surface area contributed by atoms with Crippen LogP contribution in [0.5, 0.6) is 0 Å². The van der Waals surface area contributed by atoms with Gasteiger partial charge in [-0.3, -0.25) is 14.6 Å². The van der Waals surface area contributed by atoms with Crippen LogP contribution >= 0.6 is 0 Å². The summed E-state index contributed by atoms with van der Waals surface area (Å²) in [5, 5.41) is 11.2. The van der Waals surface area contributed by atoms with Gasteiger partial charge in [-0.05, 0) is 62.1 Å². The van der Waals surface area contributed by atoms with Crippen molar-refractivity contribution in [1.82, 2.24) is 30.2 Å². The summed E-state index contributed by atoms with van der Waals surface area (Å²) in [5.74, 6) is -0.271. The van der Waals surface area contributed by atoms with Crippen molar-refractivity contribution >= 4 is 11.8 Å². The van der Waals surface area contributed by atoms with E-state index in [1.54, 1.807) is 40.3 Å². The fraction of sp³-hybridized carbons (Fsp3) is 0.318. The molecule has 1 fully saturated rings. The summed E-state index contributed by atoms with van der Waals surface area (Å²) in [6, 6.07) is 9.61. The Kier molecular flexibility index (Phi) is 5.56. The molecule has 1 saturated heterocycles. The molecule has 0 spiro atoms. The minimum Gasteiger partial charge on any atom is -0.349 e. The molecule has 1 aliphatic rings. The van der Waals surface area contributed by atoms with Crippen LogP contribution in [-0.2, 0) is 0 Å². The van der Waals surface area contributed by atoms with Crippen molar-refractivity contribution in [1.29, 1.82) is 0 Å². The lowest BCUT2D eigenvalue weighted by atomic mass is 10.0. The highest BCUT2D eigenvalue weighted by molar-refractivity contribution is 5.94. The van der Waals surface area contributed by atoms with E-state index in [9.17, 15) is 9.59 Å². The number of carbonyl (C=O) groups excluding carboxylic acids is 2. The van der Waals surface area contributed by atoms with Gasteiger partial charge in [0.15, 0.2) is 5.69 Å². The minimum absolute atomic E-state index is 0.0349. The normalized spacial score (nSPS) is 14.5. The number of piperidine rings is 1. The molecule has 8 heteroatoms. The van der Waals surface area contributed by atoms with Crippen LogP contribution in [0.1, 0.15) is 44.8 Å². The van der Waals surface area contributed by atoms with Gasteiger partial charge in [-0.25, -0.2) is 4.68 Å². The number of benzene rings is 1. The smallest absolute Gasteiger partial charge is 0.276 e. The predicted octanol–water partition coefficient (Wildman–Crippen LogP) is 2.31. The molecule has 0 unspecified atom stereocenters. The molecule has 8 nitrogen and oxygen atoms in total. The Hall–Kier alpha value is -3.55. The van der Waals surface area contributed by atoms with Crippen LogP contribution in [0.25, 0.3) is 5.69 Å². The molecule has 2 aromatic heterocycles. The van der Waals surface area contributed by atoms with Gasteiger partial charge in [0.2, 0.25) is 0 Å². The van der Waals surface area contributed by atoms with Crippen LogP contribution in [-0.4, -0.2) is 55.8 Å². The number of aromatic nitrogens is 4. The third-order valence-corrected chi connectivity index (χ3v) is 5.22. The van der Waals surface area contributed by atoms with E-state index in [-0.39, 0.29) is 17.9 Å². The first kappa shape index (κ1) is 19.8. The lowest BCUT2D eigenvalue weighted by molar-refractivity contribution is 0.0692. The van der Waals surface area contributed by atoms with Gasteiger partial charge >= 0.3 is 0 Å². The Morgan fingerprint density at radius 1 is 1.10 bits per heavy atom. The van der Waals surface area contributed by atoms with Gasteiger partial charge in [0.1, 0.15) is 0 Å². The van der Waals surface area contributed by atoms with E-state index >= 15 is 0 Å². The standard InChI is InChI=1S/C22H24N6O2/c1-15-10-16(2)12-19(11-15)28-14-20(25-26-28)22(30)27-8-5-18(6-9-27)24-21(29)17-4-3-7-23-13-17/h3-4,7,10-14,18H,5-6,8-9H2,1-2H3,(H,24,29). The molecular weight excluding hydrogens is 380 g/mol. The number of carbonyl (C=O) groups is 2. The van der Waals surface area contributed by atoms with E-state index in [1.165, 1.54) is 0 Å². The molecule has 3 aromatic rings. The molecule has 0 atom stereocenters. The Labute approximate surface area is 174 Å². The average Bonchev–Trinajstić information content (AvgIpc) is 3.24. The van der Waals surface area contributed by atoms with Crippen molar-refractivity contribution in [3.63, 3.8) is 0 Å². The maximum atomic E-state index is 12.8. The zero-order valence-corrected chi connectivity index (χ0v) is 17.1. The molecule has 2 amide bonds. The number of aryl methyl sites for hydroxylation is 2. The lowest BCUT2D eigenvalue weighted by Crippen LogP contribution is -2.46. The molecule has 0 saturated carbocycles. The van der Waals surface area contributed by atoms with Crippen LogP contribution in [0, 0.1) is 13.8 Å². The van der Waals surface area contributed by atoms with Gasteiger partial charge in [0.25, 0.3) is 11.8 Å². The van der Waals surface area contributed by atoms with Crippen molar-refractivity contribution in [3.8, 4) is 5.69 Å². The Balaban J connectivity index is 1.35. The third kappa shape index (κ3) is 4.37. The number of rotatable bonds is 4. The van der Waals surface area contributed by atoms with Crippen LogP contribution in [0.4, 0.5) is 0 Å². The zero-order valence-electron chi connectivity index (χ0n) is 17.1. The SMILES string of the molecule is Cc1cc(C)cc(-n2cc(C(=O)N3CCC(NC(=O)c4cccnc4)CC3)nn2)c1. The van der Waals surface area contributed by atoms with E-state index in [0.29, 0.717) is 37.2 Å². The highest BCUT2D eigenvalue weighted by Gasteiger charge is 2.26. The molecule has 154 valence electrons. The summed E-state index contributed by atoms with van der Waals surface area (Å²) in [4.78, 5) is 30.9. The van der Waals surface area contributed by atoms with Crippen LogP contribution in [0.2, 0.25) is 0 Å². The Morgan fingerprint density at radius 3 is 2.50 bits per heavy atom. The molecule has 30 heavy (non-hydrogen) atoms. The predicted molar refractivity (Wildman–Crippen MR) is 111 cm³/mol. The van der Waals surface area contributed by atoms with Gasteiger partial charge in [-0.15, -0.1) is 5.10 Å². The van der Waals surface area contributed by atoms with Crippen LogP contribution < -0.4 is 5.32 Å². The number of amides is 2. The largest absolute Gasteiger partial charge is 0.349 e. The van der Waals surface area contributed by atoms with E-state index in [2.05, 4.69) is 26.7 Å². The second-order valence-electron chi connectivity index (χ2n) is 7.68. The maximum Gasteiger partial charge on any atom is 0.276 e. The van der Waals surface area contributed by atoms with Gasteiger partial charge in [-0.2, -0.15) is 0 Å². The van der Waals surface area contributed by atoms with Crippen LogP contribution in [0.15, 0.2) is 48.9 Å². The first-order chi connectivity index (χ1) is 14.5. The van der Waals surface area contributed by atoms with Crippen molar-refractivity contribution in [2.24, 2.45) is 0 Å². The molecule has 3 heterocycles. The fourth-order valence-electron chi connectivity index (χ4n) is 3.73. The van der Waals surface area contributed by atoms with E-state index in [1.807, 2.05) is 26.0 Å². The van der Waals surface area contributed by atoms with E-state index in [4.69, 9.17) is 0 Å². The van der Waals surface area contributed by atoms with Gasteiger partial charge in [-0.1, -0.05) is 11.3 Å². The summed E-state index contributed by atoms with van der Waals surface area (Å²) >= 11 is 0. The van der Waals surface area contributed by atoms with Gasteiger partial charge < -0.3 is 10.2 Å². The number of hydrogen-bond donors (Lipinski definition) is 1. The average molecular weight is 404 g/mol. The molecule has 0 bridgehead atoms. The van der Waals surface area contributed by atoms with Crippen LogP contribution in [0.3, 0.4) is 0 Å². The Morgan fingerprint density at radius 2 is 1.83 bits per heavy atom. The number of hydrogen-bond acceptors (Lipinski definition) is 5.